The molecule has 1 heterocycles. The highest BCUT2D eigenvalue weighted by Gasteiger charge is 2.23. The Balaban J connectivity index is 2.05. The average Bonchev–Trinajstić information content (AvgIpc) is 2.84. The molecule has 0 amide bonds. The standard InChI is InChI=1S/C13H18BrN3O2/c1-2-16-7-3-4-11(16)9-15-12-6-5-10(14)8-13(12)17(18)19/h5-6,8,11,15H,2-4,7,9H2,1H3. The highest BCUT2D eigenvalue weighted by Crippen LogP contribution is 2.28. The maximum atomic E-state index is 11.0. The molecule has 5 nitrogen and oxygen atoms in total. The molecule has 1 aliphatic rings. The second-order valence-electron chi connectivity index (χ2n) is 4.72. The van der Waals surface area contributed by atoms with Crippen molar-refractivity contribution in [2.45, 2.75) is 25.8 Å². The third-order valence-electron chi connectivity index (χ3n) is 3.59. The Morgan fingerprint density at radius 1 is 1.58 bits per heavy atom. The highest BCUT2D eigenvalue weighted by molar-refractivity contribution is 9.10. The first-order valence-electron chi connectivity index (χ1n) is 6.53. The first-order valence-corrected chi connectivity index (χ1v) is 7.33. The van der Waals surface area contributed by atoms with Gasteiger partial charge >= 0.3 is 0 Å². The fourth-order valence-corrected chi connectivity index (χ4v) is 2.92. The largest absolute Gasteiger partial charge is 0.378 e. The Labute approximate surface area is 121 Å². The molecule has 1 aromatic rings. The number of hydrogen-bond donors (Lipinski definition) is 1. The number of benzene rings is 1. The number of anilines is 1. The van der Waals surface area contributed by atoms with Crippen LogP contribution in [0, 0.1) is 10.1 Å². The van der Waals surface area contributed by atoms with Gasteiger partial charge in [0.15, 0.2) is 0 Å². The van der Waals surface area contributed by atoms with Gasteiger partial charge in [0.25, 0.3) is 5.69 Å². The molecule has 0 radical (unpaired) electrons. The van der Waals surface area contributed by atoms with Gasteiger partial charge in [-0.15, -0.1) is 0 Å². The number of likely N-dealkylation sites (tertiary alicyclic amines) is 1. The molecule has 1 fully saturated rings. The van der Waals surface area contributed by atoms with Crippen LogP contribution in [-0.4, -0.2) is 35.5 Å². The van der Waals surface area contributed by atoms with E-state index in [9.17, 15) is 10.1 Å². The molecule has 104 valence electrons. The van der Waals surface area contributed by atoms with E-state index in [4.69, 9.17) is 0 Å². The second-order valence-corrected chi connectivity index (χ2v) is 5.64. The van der Waals surface area contributed by atoms with E-state index >= 15 is 0 Å². The van der Waals surface area contributed by atoms with Crippen molar-refractivity contribution < 1.29 is 4.92 Å². The first kappa shape index (κ1) is 14.3. The van der Waals surface area contributed by atoms with Crippen molar-refractivity contribution in [1.29, 1.82) is 0 Å². The van der Waals surface area contributed by atoms with Gasteiger partial charge in [-0.25, -0.2) is 0 Å². The summed E-state index contributed by atoms with van der Waals surface area (Å²) in [5.41, 5.74) is 0.714. The number of nitro groups is 1. The predicted octanol–water partition coefficient (Wildman–Crippen LogP) is 3.25. The topological polar surface area (TPSA) is 58.4 Å². The zero-order valence-electron chi connectivity index (χ0n) is 10.9. The lowest BCUT2D eigenvalue weighted by molar-refractivity contribution is -0.384. The van der Waals surface area contributed by atoms with Gasteiger partial charge in [0.2, 0.25) is 0 Å². The fraction of sp³-hybridized carbons (Fsp3) is 0.538. The van der Waals surface area contributed by atoms with Gasteiger partial charge in [-0.1, -0.05) is 22.9 Å². The summed E-state index contributed by atoms with van der Waals surface area (Å²) in [6.07, 6.45) is 2.37. The molecular weight excluding hydrogens is 310 g/mol. The molecule has 0 saturated carbocycles. The van der Waals surface area contributed by atoms with Gasteiger partial charge in [0.1, 0.15) is 5.69 Å². The van der Waals surface area contributed by atoms with Crippen molar-refractivity contribution >= 4 is 27.3 Å². The predicted molar refractivity (Wildman–Crippen MR) is 79.6 cm³/mol. The van der Waals surface area contributed by atoms with Crippen LogP contribution in [0.1, 0.15) is 19.8 Å². The summed E-state index contributed by atoms with van der Waals surface area (Å²) in [4.78, 5) is 13.1. The Kier molecular flexibility index (Phi) is 4.76. The number of nitrogens with one attached hydrogen (secondary N) is 1. The van der Waals surface area contributed by atoms with E-state index in [-0.39, 0.29) is 10.6 Å². The molecule has 2 rings (SSSR count). The number of halogens is 1. The first-order chi connectivity index (χ1) is 9.11. The Hall–Kier alpha value is -1.14. The normalized spacial score (nSPS) is 19.6. The maximum Gasteiger partial charge on any atom is 0.293 e. The number of nitrogens with zero attached hydrogens (tertiary/aromatic N) is 2. The number of hydrogen-bond acceptors (Lipinski definition) is 4. The van der Waals surface area contributed by atoms with Crippen LogP contribution in [0.4, 0.5) is 11.4 Å². The SMILES string of the molecule is CCN1CCCC1CNc1ccc(Br)cc1[N+](=O)[O-]. The van der Waals surface area contributed by atoms with Crippen LogP contribution in [0.25, 0.3) is 0 Å². The average molecular weight is 328 g/mol. The molecular formula is C13H18BrN3O2. The maximum absolute atomic E-state index is 11.0. The molecule has 0 aromatic heterocycles. The van der Waals surface area contributed by atoms with E-state index in [0.29, 0.717) is 11.7 Å². The molecule has 1 aromatic carbocycles. The van der Waals surface area contributed by atoms with Crippen molar-refractivity contribution in [3.8, 4) is 0 Å². The summed E-state index contributed by atoms with van der Waals surface area (Å²) in [6, 6.07) is 5.59. The van der Waals surface area contributed by atoms with E-state index in [1.807, 2.05) is 6.07 Å². The molecule has 0 bridgehead atoms. The summed E-state index contributed by atoms with van der Waals surface area (Å²) in [6.45, 7) is 5.08. The minimum atomic E-state index is -0.348. The third kappa shape index (κ3) is 3.45. The zero-order chi connectivity index (χ0) is 13.8. The Bertz CT molecular complexity index is 467. The minimum Gasteiger partial charge on any atom is -0.378 e. The van der Waals surface area contributed by atoms with Crippen LogP contribution in [0.15, 0.2) is 22.7 Å². The number of likely N-dealkylation sites (N-methyl/N-ethyl adjacent to an activating group) is 1. The van der Waals surface area contributed by atoms with E-state index in [0.717, 1.165) is 30.5 Å². The summed E-state index contributed by atoms with van der Waals surface area (Å²) in [5.74, 6) is 0. The third-order valence-corrected chi connectivity index (χ3v) is 4.08. The zero-order valence-corrected chi connectivity index (χ0v) is 12.5. The van der Waals surface area contributed by atoms with Crippen LogP contribution >= 0.6 is 15.9 Å². The van der Waals surface area contributed by atoms with Gasteiger partial charge in [-0.3, -0.25) is 15.0 Å². The van der Waals surface area contributed by atoms with Crippen molar-refractivity contribution in [2.75, 3.05) is 25.0 Å². The van der Waals surface area contributed by atoms with Gasteiger partial charge in [0.05, 0.1) is 4.92 Å². The van der Waals surface area contributed by atoms with Crippen molar-refractivity contribution in [1.82, 2.24) is 4.90 Å². The van der Waals surface area contributed by atoms with Crippen LogP contribution in [0.5, 0.6) is 0 Å². The van der Waals surface area contributed by atoms with Crippen LogP contribution < -0.4 is 5.32 Å². The molecule has 0 spiro atoms. The lowest BCUT2D eigenvalue weighted by atomic mass is 10.2. The lowest BCUT2D eigenvalue weighted by Crippen LogP contribution is -2.34. The highest BCUT2D eigenvalue weighted by atomic mass is 79.9. The Morgan fingerprint density at radius 3 is 3.05 bits per heavy atom. The van der Waals surface area contributed by atoms with Crippen LogP contribution in [0.3, 0.4) is 0 Å². The van der Waals surface area contributed by atoms with Crippen molar-refractivity contribution in [2.24, 2.45) is 0 Å². The number of nitro benzene ring substituents is 1. The molecule has 19 heavy (non-hydrogen) atoms. The number of rotatable bonds is 5. The van der Waals surface area contributed by atoms with Gasteiger partial charge in [-0.2, -0.15) is 0 Å². The fourth-order valence-electron chi connectivity index (χ4n) is 2.58. The Morgan fingerprint density at radius 2 is 2.37 bits per heavy atom. The molecule has 1 saturated heterocycles. The van der Waals surface area contributed by atoms with E-state index in [2.05, 4.69) is 33.1 Å². The smallest absolute Gasteiger partial charge is 0.293 e. The lowest BCUT2D eigenvalue weighted by Gasteiger charge is -2.23. The van der Waals surface area contributed by atoms with Crippen molar-refractivity contribution in [3.63, 3.8) is 0 Å². The minimum absolute atomic E-state index is 0.121. The summed E-state index contributed by atoms with van der Waals surface area (Å²) >= 11 is 3.26. The van der Waals surface area contributed by atoms with Gasteiger partial charge < -0.3 is 5.32 Å². The molecule has 1 aliphatic heterocycles. The van der Waals surface area contributed by atoms with Crippen LogP contribution in [-0.2, 0) is 0 Å². The molecule has 1 atom stereocenters. The van der Waals surface area contributed by atoms with Crippen molar-refractivity contribution in [3.05, 3.63) is 32.8 Å². The van der Waals surface area contributed by atoms with Gasteiger partial charge in [0, 0.05) is 23.1 Å². The van der Waals surface area contributed by atoms with Crippen LogP contribution in [0.2, 0.25) is 0 Å². The quantitative estimate of drug-likeness (QED) is 0.666. The monoisotopic (exact) mass is 327 g/mol. The molecule has 1 unspecified atom stereocenters. The molecule has 0 aliphatic carbocycles. The summed E-state index contributed by atoms with van der Waals surface area (Å²) in [5, 5.41) is 14.2. The van der Waals surface area contributed by atoms with E-state index < -0.39 is 0 Å². The molecule has 1 N–H and O–H groups in total. The van der Waals surface area contributed by atoms with Gasteiger partial charge in [-0.05, 0) is 38.1 Å². The molecule has 6 heteroatoms. The van der Waals surface area contributed by atoms with E-state index in [1.54, 1.807) is 6.07 Å². The second kappa shape index (κ2) is 6.34. The summed E-state index contributed by atoms with van der Waals surface area (Å²) in [7, 11) is 0. The summed E-state index contributed by atoms with van der Waals surface area (Å²) < 4.78 is 0.723. The van der Waals surface area contributed by atoms with E-state index in [1.165, 1.54) is 12.5 Å².